The largest absolute Gasteiger partial charge is 0.369 e. The minimum Gasteiger partial charge on any atom is -0.369 e. The van der Waals surface area contributed by atoms with Gasteiger partial charge in [-0.1, -0.05) is 30.3 Å². The van der Waals surface area contributed by atoms with E-state index in [9.17, 15) is 4.79 Å². The number of rotatable bonds is 6. The highest BCUT2D eigenvalue weighted by Gasteiger charge is 2.25. The summed E-state index contributed by atoms with van der Waals surface area (Å²) in [6, 6.07) is 14.5. The Kier molecular flexibility index (Phi) is 6.44. The zero-order chi connectivity index (χ0) is 21.8. The molecule has 0 radical (unpaired) electrons. The number of carbonyl (C=O) groups excluding carboxylic acids is 1. The second kappa shape index (κ2) is 9.41. The van der Waals surface area contributed by atoms with Gasteiger partial charge in [0.1, 0.15) is 6.10 Å². The van der Waals surface area contributed by atoms with E-state index in [0.29, 0.717) is 19.7 Å². The van der Waals surface area contributed by atoms with Crippen molar-refractivity contribution in [1.29, 1.82) is 0 Å². The van der Waals surface area contributed by atoms with Gasteiger partial charge in [0.2, 0.25) is 5.91 Å². The first-order valence-electron chi connectivity index (χ1n) is 10.6. The molecule has 162 valence electrons. The molecule has 0 saturated carbocycles. The van der Waals surface area contributed by atoms with Crippen molar-refractivity contribution in [3.05, 3.63) is 76.9 Å². The van der Waals surface area contributed by atoms with E-state index in [1.165, 1.54) is 11.1 Å². The van der Waals surface area contributed by atoms with Gasteiger partial charge < -0.3 is 10.1 Å². The average molecular weight is 420 g/mol. The first-order chi connectivity index (χ1) is 15.0. The third-order valence-corrected chi connectivity index (χ3v) is 5.82. The smallest absolute Gasteiger partial charge is 0.238 e. The summed E-state index contributed by atoms with van der Waals surface area (Å²) in [4.78, 5) is 19.5. The molecule has 0 bridgehead atoms. The highest BCUT2D eigenvalue weighted by molar-refractivity contribution is 5.92. The van der Waals surface area contributed by atoms with Gasteiger partial charge in [0, 0.05) is 32.3 Å². The lowest BCUT2D eigenvalue weighted by Gasteiger charge is -2.32. The number of morpholine rings is 1. The van der Waals surface area contributed by atoms with Crippen molar-refractivity contribution < 1.29 is 9.53 Å². The molecule has 1 saturated heterocycles. The Morgan fingerprint density at radius 1 is 1.19 bits per heavy atom. The van der Waals surface area contributed by atoms with Gasteiger partial charge in [-0.2, -0.15) is 5.10 Å². The minimum absolute atomic E-state index is 0.0435. The van der Waals surface area contributed by atoms with Crippen molar-refractivity contribution in [2.45, 2.75) is 26.4 Å². The molecule has 1 fully saturated rings. The number of benzene rings is 1. The molecule has 1 amide bonds. The van der Waals surface area contributed by atoms with Crippen molar-refractivity contribution in [2.75, 3.05) is 31.6 Å². The number of hydrogen-bond donors (Lipinski definition) is 1. The fourth-order valence-electron chi connectivity index (χ4n) is 3.82. The molecule has 1 aliphatic rings. The van der Waals surface area contributed by atoms with Crippen LogP contribution in [0.25, 0.3) is 0 Å². The van der Waals surface area contributed by atoms with Crippen molar-refractivity contribution in [2.24, 2.45) is 7.05 Å². The molecule has 3 heterocycles. The molecular weight excluding hydrogens is 390 g/mol. The Bertz CT molecular complexity index is 1060. The van der Waals surface area contributed by atoms with Crippen LogP contribution in [0, 0.1) is 13.8 Å². The molecular formula is C24H29N5O2. The minimum atomic E-state index is -0.140. The number of pyridine rings is 1. The molecule has 0 aliphatic carbocycles. The predicted octanol–water partition coefficient (Wildman–Crippen LogP) is 3.03. The lowest BCUT2D eigenvalue weighted by atomic mass is 10.0. The van der Waals surface area contributed by atoms with E-state index < -0.39 is 0 Å². The second-order valence-electron chi connectivity index (χ2n) is 8.07. The Morgan fingerprint density at radius 3 is 2.81 bits per heavy atom. The van der Waals surface area contributed by atoms with E-state index in [1.54, 1.807) is 10.9 Å². The van der Waals surface area contributed by atoms with Crippen LogP contribution in [0.1, 0.15) is 34.3 Å². The second-order valence-corrected chi connectivity index (χ2v) is 8.07. The molecule has 2 aromatic heterocycles. The predicted molar refractivity (Wildman–Crippen MR) is 120 cm³/mol. The molecule has 1 aromatic carbocycles. The molecule has 4 rings (SSSR count). The Hall–Kier alpha value is -3.03. The summed E-state index contributed by atoms with van der Waals surface area (Å²) in [6.07, 6.45) is 2.33. The summed E-state index contributed by atoms with van der Waals surface area (Å²) in [5, 5.41) is 7.13. The van der Waals surface area contributed by atoms with Crippen molar-refractivity contribution in [3.8, 4) is 0 Å². The lowest BCUT2D eigenvalue weighted by Crippen LogP contribution is -2.42. The maximum Gasteiger partial charge on any atom is 0.238 e. The Labute approximate surface area is 183 Å². The number of nitrogens with zero attached hydrogens (tertiary/aromatic N) is 4. The molecule has 7 heteroatoms. The fraction of sp³-hybridized carbons (Fsp3) is 0.375. The van der Waals surface area contributed by atoms with Crippen LogP contribution in [0.2, 0.25) is 0 Å². The van der Waals surface area contributed by atoms with Crippen molar-refractivity contribution in [1.82, 2.24) is 19.7 Å². The van der Waals surface area contributed by atoms with E-state index in [0.717, 1.165) is 35.7 Å². The Balaban J connectivity index is 1.38. The average Bonchev–Trinajstić information content (AvgIpc) is 3.08. The Morgan fingerprint density at radius 2 is 2.03 bits per heavy atom. The SMILES string of the molecule is Cc1ccccc1Cc1cccc([C@H]2CN(CC(=O)Nc3cnn(C)c3C)CCO2)n1. The van der Waals surface area contributed by atoms with E-state index in [-0.39, 0.29) is 12.0 Å². The van der Waals surface area contributed by atoms with Gasteiger partial charge in [0.05, 0.1) is 36.4 Å². The van der Waals surface area contributed by atoms with E-state index in [1.807, 2.05) is 26.1 Å². The zero-order valence-electron chi connectivity index (χ0n) is 18.3. The third kappa shape index (κ3) is 5.18. The molecule has 3 aromatic rings. The van der Waals surface area contributed by atoms with Crippen molar-refractivity contribution >= 4 is 11.6 Å². The summed E-state index contributed by atoms with van der Waals surface area (Å²) in [6.45, 7) is 6.31. The normalized spacial score (nSPS) is 16.9. The van der Waals surface area contributed by atoms with Crippen LogP contribution in [-0.4, -0.2) is 51.8 Å². The van der Waals surface area contributed by atoms with Gasteiger partial charge in [-0.25, -0.2) is 0 Å². The monoisotopic (exact) mass is 419 g/mol. The van der Waals surface area contributed by atoms with Crippen molar-refractivity contribution in [3.63, 3.8) is 0 Å². The number of aromatic nitrogens is 3. The van der Waals surface area contributed by atoms with Crippen LogP contribution in [0.3, 0.4) is 0 Å². The third-order valence-electron chi connectivity index (χ3n) is 5.82. The van der Waals surface area contributed by atoms with Crippen LogP contribution in [0.4, 0.5) is 5.69 Å². The topological polar surface area (TPSA) is 72.3 Å². The lowest BCUT2D eigenvalue weighted by molar-refractivity contribution is -0.119. The number of nitrogens with one attached hydrogen (secondary N) is 1. The summed E-state index contributed by atoms with van der Waals surface area (Å²) in [5.74, 6) is -0.0435. The van der Waals surface area contributed by atoms with Gasteiger partial charge in [-0.15, -0.1) is 0 Å². The fourth-order valence-corrected chi connectivity index (χ4v) is 3.82. The molecule has 7 nitrogen and oxygen atoms in total. The van der Waals surface area contributed by atoms with E-state index >= 15 is 0 Å². The first kappa shape index (κ1) is 21.2. The maximum atomic E-state index is 12.5. The number of ether oxygens (including phenoxy) is 1. The van der Waals surface area contributed by atoms with E-state index in [4.69, 9.17) is 9.72 Å². The van der Waals surface area contributed by atoms with Gasteiger partial charge in [-0.05, 0) is 37.1 Å². The van der Waals surface area contributed by atoms with Gasteiger partial charge >= 0.3 is 0 Å². The number of anilines is 1. The summed E-state index contributed by atoms with van der Waals surface area (Å²) in [7, 11) is 1.86. The zero-order valence-corrected chi connectivity index (χ0v) is 18.3. The molecule has 1 N–H and O–H groups in total. The number of aryl methyl sites for hydroxylation is 2. The molecule has 1 aliphatic heterocycles. The van der Waals surface area contributed by atoms with Crippen LogP contribution >= 0.6 is 0 Å². The van der Waals surface area contributed by atoms with Crippen LogP contribution in [-0.2, 0) is 23.0 Å². The van der Waals surface area contributed by atoms with Crippen LogP contribution in [0.5, 0.6) is 0 Å². The summed E-state index contributed by atoms with van der Waals surface area (Å²) < 4.78 is 7.74. The molecule has 31 heavy (non-hydrogen) atoms. The number of amides is 1. The van der Waals surface area contributed by atoms with Gasteiger partial charge in [-0.3, -0.25) is 19.4 Å². The first-order valence-corrected chi connectivity index (χ1v) is 10.6. The standard InChI is InChI=1S/C24H29N5O2/c1-17-7-4-5-8-19(17)13-20-9-6-10-21(26-20)23-15-29(11-12-31-23)16-24(30)27-22-14-25-28(3)18(22)2/h4-10,14,23H,11-13,15-16H2,1-3H3,(H,27,30)/t23-/m1/s1. The van der Waals surface area contributed by atoms with Gasteiger partial charge in [0.15, 0.2) is 0 Å². The number of carbonyl (C=O) groups is 1. The molecule has 0 spiro atoms. The maximum absolute atomic E-state index is 12.5. The summed E-state index contributed by atoms with van der Waals surface area (Å²) in [5.41, 5.74) is 6.17. The highest BCUT2D eigenvalue weighted by Crippen LogP contribution is 2.22. The van der Waals surface area contributed by atoms with Gasteiger partial charge in [0.25, 0.3) is 0 Å². The summed E-state index contributed by atoms with van der Waals surface area (Å²) >= 11 is 0. The molecule has 0 unspecified atom stereocenters. The highest BCUT2D eigenvalue weighted by atomic mass is 16.5. The van der Waals surface area contributed by atoms with Crippen LogP contribution < -0.4 is 5.32 Å². The van der Waals surface area contributed by atoms with E-state index in [2.05, 4.69) is 52.6 Å². The molecule has 1 atom stereocenters. The quantitative estimate of drug-likeness (QED) is 0.665. The van der Waals surface area contributed by atoms with Crippen LogP contribution in [0.15, 0.2) is 48.7 Å². The number of hydrogen-bond acceptors (Lipinski definition) is 5.